The van der Waals surface area contributed by atoms with Crippen molar-refractivity contribution in [2.24, 2.45) is 0 Å². The van der Waals surface area contributed by atoms with E-state index < -0.39 is 0 Å². The summed E-state index contributed by atoms with van der Waals surface area (Å²) in [5, 5.41) is 4.26. The summed E-state index contributed by atoms with van der Waals surface area (Å²) in [6, 6.07) is 20.6. The van der Waals surface area contributed by atoms with Crippen molar-refractivity contribution in [3.8, 4) is 11.5 Å². The van der Waals surface area contributed by atoms with Gasteiger partial charge in [0, 0.05) is 16.6 Å². The van der Waals surface area contributed by atoms with Crippen LogP contribution in [0.5, 0.6) is 11.5 Å². The fourth-order valence-corrected chi connectivity index (χ4v) is 3.93. The molecule has 1 N–H and O–H groups in total. The number of hydrogen-bond acceptors (Lipinski definition) is 4. The summed E-state index contributed by atoms with van der Waals surface area (Å²) in [5.74, 6) is 2.00. The van der Waals surface area contributed by atoms with Crippen LogP contribution >= 0.6 is 23.2 Å². The Labute approximate surface area is 214 Å². The SMILES string of the molecule is Cc1cc(OCCCCn2c(CNC(=O)COc3ccc(Cl)cc3)nc3ccccc32)ccc1Cl. The van der Waals surface area contributed by atoms with Crippen molar-refractivity contribution in [2.45, 2.75) is 32.9 Å². The van der Waals surface area contributed by atoms with Gasteiger partial charge in [-0.1, -0.05) is 35.3 Å². The molecule has 1 heterocycles. The normalized spacial score (nSPS) is 10.9. The lowest BCUT2D eigenvalue weighted by molar-refractivity contribution is -0.123. The standard InChI is InChI=1S/C27H27Cl2N3O3/c1-19-16-22(12-13-23(19)29)34-15-5-4-14-32-25-7-3-2-6-24(25)31-26(32)17-30-27(33)18-35-21-10-8-20(28)9-11-21/h2-3,6-13,16H,4-5,14-15,17-18H2,1H3,(H,30,33). The summed E-state index contributed by atoms with van der Waals surface area (Å²) in [7, 11) is 0. The summed E-state index contributed by atoms with van der Waals surface area (Å²) in [6.07, 6.45) is 1.79. The molecule has 0 bridgehead atoms. The van der Waals surface area contributed by atoms with Crippen LogP contribution in [0.4, 0.5) is 0 Å². The highest BCUT2D eigenvalue weighted by atomic mass is 35.5. The molecule has 0 saturated heterocycles. The molecule has 0 aliphatic carbocycles. The van der Waals surface area contributed by atoms with Gasteiger partial charge in [0.25, 0.3) is 5.91 Å². The topological polar surface area (TPSA) is 65.4 Å². The second-order valence-corrected chi connectivity index (χ2v) is 9.00. The van der Waals surface area contributed by atoms with E-state index in [2.05, 4.69) is 9.88 Å². The van der Waals surface area contributed by atoms with Crippen molar-refractivity contribution in [2.75, 3.05) is 13.2 Å². The van der Waals surface area contributed by atoms with Gasteiger partial charge in [-0.3, -0.25) is 4.79 Å². The number of amides is 1. The Bertz CT molecular complexity index is 1290. The molecule has 3 aromatic carbocycles. The maximum atomic E-state index is 12.3. The van der Waals surface area contributed by atoms with E-state index in [9.17, 15) is 4.79 Å². The van der Waals surface area contributed by atoms with Crippen molar-refractivity contribution >= 4 is 40.1 Å². The number of imidazole rings is 1. The smallest absolute Gasteiger partial charge is 0.258 e. The van der Waals surface area contributed by atoms with Crippen LogP contribution in [0.1, 0.15) is 24.2 Å². The average Bonchev–Trinajstić information content (AvgIpc) is 3.22. The largest absolute Gasteiger partial charge is 0.494 e. The highest BCUT2D eigenvalue weighted by molar-refractivity contribution is 6.31. The monoisotopic (exact) mass is 511 g/mol. The van der Waals surface area contributed by atoms with Crippen molar-refractivity contribution in [3.63, 3.8) is 0 Å². The molecule has 35 heavy (non-hydrogen) atoms. The highest BCUT2D eigenvalue weighted by Crippen LogP contribution is 2.22. The first kappa shape index (κ1) is 24.9. The molecule has 0 radical (unpaired) electrons. The Balaban J connectivity index is 1.30. The molecule has 0 atom stereocenters. The zero-order valence-corrected chi connectivity index (χ0v) is 21.0. The number of carbonyl (C=O) groups is 1. The molecule has 8 heteroatoms. The van der Waals surface area contributed by atoms with E-state index in [4.69, 9.17) is 37.7 Å². The number of ether oxygens (including phenoxy) is 2. The number of fused-ring (bicyclic) bond motifs is 1. The third kappa shape index (κ3) is 6.90. The number of halogens is 2. The van der Waals surface area contributed by atoms with Crippen molar-refractivity contribution < 1.29 is 14.3 Å². The Morgan fingerprint density at radius 2 is 1.74 bits per heavy atom. The average molecular weight is 512 g/mol. The highest BCUT2D eigenvalue weighted by Gasteiger charge is 2.12. The van der Waals surface area contributed by atoms with Crippen LogP contribution in [0.15, 0.2) is 66.7 Å². The first-order chi connectivity index (χ1) is 17.0. The number of para-hydroxylation sites is 2. The molecule has 0 aliphatic rings. The maximum Gasteiger partial charge on any atom is 0.258 e. The van der Waals surface area contributed by atoms with E-state index in [1.807, 2.05) is 49.4 Å². The van der Waals surface area contributed by atoms with Crippen molar-refractivity contribution in [1.82, 2.24) is 14.9 Å². The fourth-order valence-electron chi connectivity index (χ4n) is 3.69. The number of nitrogens with one attached hydrogen (secondary N) is 1. The second-order valence-electron chi connectivity index (χ2n) is 8.15. The molecule has 0 aliphatic heterocycles. The Kier molecular flexibility index (Phi) is 8.50. The van der Waals surface area contributed by atoms with Gasteiger partial charge in [0.15, 0.2) is 6.61 Å². The van der Waals surface area contributed by atoms with Crippen molar-refractivity contribution in [1.29, 1.82) is 0 Å². The van der Waals surface area contributed by atoms with E-state index in [0.29, 0.717) is 23.9 Å². The Morgan fingerprint density at radius 1 is 0.971 bits per heavy atom. The van der Waals surface area contributed by atoms with E-state index in [1.54, 1.807) is 24.3 Å². The first-order valence-corrected chi connectivity index (χ1v) is 12.2. The molecule has 1 amide bonds. The summed E-state index contributed by atoms with van der Waals surface area (Å²) in [4.78, 5) is 17.1. The van der Waals surface area contributed by atoms with Gasteiger partial charge in [-0.05, 0) is 79.9 Å². The third-order valence-electron chi connectivity index (χ3n) is 5.54. The third-order valence-corrected chi connectivity index (χ3v) is 6.21. The van der Waals surface area contributed by atoms with Gasteiger partial charge >= 0.3 is 0 Å². The molecular weight excluding hydrogens is 485 g/mol. The first-order valence-electron chi connectivity index (χ1n) is 11.5. The van der Waals surface area contributed by atoms with Gasteiger partial charge < -0.3 is 19.4 Å². The predicted molar refractivity (Wildman–Crippen MR) is 139 cm³/mol. The molecule has 0 saturated carbocycles. The van der Waals surface area contributed by atoms with Crippen LogP contribution in [0.3, 0.4) is 0 Å². The molecule has 4 aromatic rings. The second kappa shape index (κ2) is 12.0. The van der Waals surface area contributed by atoms with Crippen LogP contribution in [0.25, 0.3) is 11.0 Å². The zero-order valence-electron chi connectivity index (χ0n) is 19.5. The summed E-state index contributed by atoms with van der Waals surface area (Å²) in [6.45, 7) is 3.59. The lowest BCUT2D eigenvalue weighted by Crippen LogP contribution is -2.29. The molecule has 0 unspecified atom stereocenters. The number of benzene rings is 3. The van der Waals surface area contributed by atoms with Gasteiger partial charge in [-0.15, -0.1) is 0 Å². The molecule has 6 nitrogen and oxygen atoms in total. The minimum Gasteiger partial charge on any atom is -0.494 e. The van der Waals surface area contributed by atoms with Gasteiger partial charge in [-0.2, -0.15) is 0 Å². The number of hydrogen-bond donors (Lipinski definition) is 1. The Hall–Kier alpha value is -3.22. The Morgan fingerprint density at radius 3 is 2.54 bits per heavy atom. The summed E-state index contributed by atoms with van der Waals surface area (Å²) < 4.78 is 13.5. The minimum absolute atomic E-state index is 0.0800. The van der Waals surface area contributed by atoms with E-state index >= 15 is 0 Å². The predicted octanol–water partition coefficient (Wildman–Crippen LogP) is 6.21. The number of nitrogens with zero attached hydrogens (tertiary/aromatic N) is 2. The lowest BCUT2D eigenvalue weighted by atomic mass is 10.2. The van der Waals surface area contributed by atoms with Crippen LogP contribution in [0.2, 0.25) is 10.0 Å². The van der Waals surface area contributed by atoms with E-state index in [0.717, 1.165) is 52.6 Å². The number of aryl methyl sites for hydroxylation is 2. The van der Waals surface area contributed by atoms with E-state index in [1.165, 1.54) is 0 Å². The van der Waals surface area contributed by atoms with Crippen LogP contribution in [-0.2, 0) is 17.9 Å². The van der Waals surface area contributed by atoms with Crippen molar-refractivity contribution in [3.05, 3.63) is 88.2 Å². The number of rotatable bonds is 11. The van der Waals surface area contributed by atoms with Crippen LogP contribution in [-0.4, -0.2) is 28.7 Å². The number of unbranched alkanes of at least 4 members (excludes halogenated alkanes) is 1. The molecule has 1 aromatic heterocycles. The molecular formula is C27H27Cl2N3O3. The van der Waals surface area contributed by atoms with Gasteiger partial charge in [0.05, 0.1) is 24.2 Å². The minimum atomic E-state index is -0.217. The molecule has 182 valence electrons. The van der Waals surface area contributed by atoms with Crippen LogP contribution in [0, 0.1) is 6.92 Å². The number of aromatic nitrogens is 2. The zero-order chi connectivity index (χ0) is 24.6. The molecule has 4 rings (SSSR count). The van der Waals surface area contributed by atoms with E-state index in [-0.39, 0.29) is 12.5 Å². The quantitative estimate of drug-likeness (QED) is 0.243. The van der Waals surface area contributed by atoms with Gasteiger partial charge in [0.1, 0.15) is 17.3 Å². The lowest BCUT2D eigenvalue weighted by Gasteiger charge is -2.12. The summed E-state index contributed by atoms with van der Waals surface area (Å²) in [5.41, 5.74) is 2.95. The maximum absolute atomic E-state index is 12.3. The van der Waals surface area contributed by atoms with Gasteiger partial charge in [0.2, 0.25) is 0 Å². The fraction of sp³-hybridized carbons (Fsp3) is 0.259. The van der Waals surface area contributed by atoms with Gasteiger partial charge in [-0.25, -0.2) is 4.98 Å². The number of carbonyl (C=O) groups excluding carboxylic acids is 1. The van der Waals surface area contributed by atoms with Crippen LogP contribution < -0.4 is 14.8 Å². The molecule has 0 spiro atoms. The summed E-state index contributed by atoms with van der Waals surface area (Å²) >= 11 is 12.0. The molecule has 0 fully saturated rings.